The molecule has 0 unspecified atom stereocenters. The molecule has 2 aromatic carbocycles. The molecular formula is C23H26N2O5. The molecule has 1 atom stereocenters. The van der Waals surface area contributed by atoms with Crippen LogP contribution in [0.2, 0.25) is 0 Å². The van der Waals surface area contributed by atoms with Gasteiger partial charge in [0.05, 0.1) is 7.11 Å². The Balaban J connectivity index is 2.31. The van der Waals surface area contributed by atoms with Crippen LogP contribution in [0.5, 0.6) is 5.75 Å². The number of amides is 2. The summed E-state index contributed by atoms with van der Waals surface area (Å²) in [6.07, 6.45) is 1.76. The van der Waals surface area contributed by atoms with Gasteiger partial charge in [0.25, 0.3) is 11.8 Å². The van der Waals surface area contributed by atoms with E-state index in [-0.39, 0.29) is 18.0 Å². The first kappa shape index (κ1) is 22.7. The monoisotopic (exact) mass is 410 g/mol. The third kappa shape index (κ3) is 6.77. The molecule has 3 N–H and O–H groups in total. The lowest BCUT2D eigenvalue weighted by Crippen LogP contribution is -2.45. The van der Waals surface area contributed by atoms with Crippen molar-refractivity contribution in [3.8, 4) is 5.75 Å². The van der Waals surface area contributed by atoms with E-state index in [1.807, 2.05) is 13.8 Å². The predicted octanol–water partition coefficient (Wildman–Crippen LogP) is 3.08. The first-order chi connectivity index (χ1) is 14.3. The SMILES string of the molecule is COc1ccc(C=C(NC(=O)c2ccccc2)C(=O)N[C@H](CC(C)C)C(=O)O)cc1. The highest BCUT2D eigenvalue weighted by molar-refractivity contribution is 6.06. The fourth-order valence-corrected chi connectivity index (χ4v) is 2.74. The van der Waals surface area contributed by atoms with Crippen LogP contribution in [0.4, 0.5) is 0 Å². The molecule has 0 fully saturated rings. The molecule has 158 valence electrons. The largest absolute Gasteiger partial charge is 0.497 e. The molecule has 7 nitrogen and oxygen atoms in total. The van der Waals surface area contributed by atoms with Crippen LogP contribution in [0.1, 0.15) is 36.2 Å². The number of carbonyl (C=O) groups excluding carboxylic acids is 2. The molecule has 0 saturated carbocycles. The zero-order valence-electron chi connectivity index (χ0n) is 17.2. The quantitative estimate of drug-likeness (QED) is 0.551. The molecule has 2 aromatic rings. The van der Waals surface area contributed by atoms with Crippen LogP contribution < -0.4 is 15.4 Å². The number of rotatable bonds is 9. The average Bonchev–Trinajstić information content (AvgIpc) is 2.73. The van der Waals surface area contributed by atoms with Crippen LogP contribution in [0.3, 0.4) is 0 Å². The van der Waals surface area contributed by atoms with Gasteiger partial charge in [-0.1, -0.05) is 44.2 Å². The van der Waals surface area contributed by atoms with Crippen LogP contribution in [-0.2, 0) is 9.59 Å². The molecule has 0 aliphatic heterocycles. The van der Waals surface area contributed by atoms with E-state index in [0.717, 1.165) is 0 Å². The Labute approximate surface area is 175 Å². The molecule has 0 aliphatic rings. The molecular weight excluding hydrogens is 384 g/mol. The molecule has 0 aromatic heterocycles. The molecule has 0 aliphatic carbocycles. The molecule has 7 heteroatoms. The lowest BCUT2D eigenvalue weighted by molar-refractivity contribution is -0.141. The third-order valence-corrected chi connectivity index (χ3v) is 4.27. The minimum absolute atomic E-state index is 0.0518. The highest BCUT2D eigenvalue weighted by Gasteiger charge is 2.24. The van der Waals surface area contributed by atoms with Gasteiger partial charge >= 0.3 is 5.97 Å². The molecule has 0 radical (unpaired) electrons. The number of aliphatic carboxylic acids is 1. The smallest absolute Gasteiger partial charge is 0.326 e. The lowest BCUT2D eigenvalue weighted by atomic mass is 10.0. The van der Waals surface area contributed by atoms with Gasteiger partial charge in [-0.15, -0.1) is 0 Å². The Bertz CT molecular complexity index is 905. The fourth-order valence-electron chi connectivity index (χ4n) is 2.74. The Morgan fingerprint density at radius 1 is 1.03 bits per heavy atom. The summed E-state index contributed by atoms with van der Waals surface area (Å²) >= 11 is 0. The van der Waals surface area contributed by atoms with E-state index in [1.165, 1.54) is 6.08 Å². The number of methoxy groups -OCH3 is 1. The van der Waals surface area contributed by atoms with E-state index >= 15 is 0 Å². The van der Waals surface area contributed by atoms with Crippen molar-refractivity contribution in [3.63, 3.8) is 0 Å². The summed E-state index contributed by atoms with van der Waals surface area (Å²) in [5.74, 6) is -1.56. The predicted molar refractivity (Wildman–Crippen MR) is 114 cm³/mol. The van der Waals surface area contributed by atoms with E-state index in [9.17, 15) is 19.5 Å². The maximum absolute atomic E-state index is 12.9. The number of benzene rings is 2. The summed E-state index contributed by atoms with van der Waals surface area (Å²) in [5, 5.41) is 14.5. The van der Waals surface area contributed by atoms with Crippen LogP contribution in [-0.4, -0.2) is 36.0 Å². The number of carbonyl (C=O) groups is 3. The van der Waals surface area contributed by atoms with Gasteiger partial charge in [-0.25, -0.2) is 4.79 Å². The summed E-state index contributed by atoms with van der Waals surface area (Å²) in [5.41, 5.74) is 0.969. The highest BCUT2D eigenvalue weighted by Crippen LogP contribution is 2.14. The molecule has 30 heavy (non-hydrogen) atoms. The molecule has 0 bridgehead atoms. The first-order valence-corrected chi connectivity index (χ1v) is 9.56. The molecule has 0 saturated heterocycles. The second-order valence-electron chi connectivity index (χ2n) is 7.15. The zero-order chi connectivity index (χ0) is 22.1. The number of ether oxygens (including phenoxy) is 1. The number of hydrogen-bond acceptors (Lipinski definition) is 4. The van der Waals surface area contributed by atoms with Crippen LogP contribution in [0.25, 0.3) is 6.08 Å². The highest BCUT2D eigenvalue weighted by atomic mass is 16.5. The molecule has 0 spiro atoms. The zero-order valence-corrected chi connectivity index (χ0v) is 17.2. The Hall–Kier alpha value is -3.61. The van der Waals surface area contributed by atoms with Crippen LogP contribution >= 0.6 is 0 Å². The fraction of sp³-hybridized carbons (Fsp3) is 0.261. The summed E-state index contributed by atoms with van der Waals surface area (Å²) in [4.78, 5) is 37.0. The van der Waals surface area contributed by atoms with Gasteiger partial charge < -0.3 is 20.5 Å². The number of carboxylic acids is 1. The maximum Gasteiger partial charge on any atom is 0.326 e. The first-order valence-electron chi connectivity index (χ1n) is 9.56. The van der Waals surface area contributed by atoms with Crippen LogP contribution in [0.15, 0.2) is 60.3 Å². The van der Waals surface area contributed by atoms with Gasteiger partial charge in [-0.2, -0.15) is 0 Å². The number of nitrogens with one attached hydrogen (secondary N) is 2. The van der Waals surface area contributed by atoms with Crippen molar-refractivity contribution < 1.29 is 24.2 Å². The molecule has 0 heterocycles. The van der Waals surface area contributed by atoms with E-state index in [1.54, 1.807) is 61.7 Å². The van der Waals surface area contributed by atoms with Gasteiger partial charge in [0.2, 0.25) is 0 Å². The average molecular weight is 410 g/mol. The summed E-state index contributed by atoms with van der Waals surface area (Å²) in [7, 11) is 1.55. The van der Waals surface area contributed by atoms with E-state index in [2.05, 4.69) is 10.6 Å². The molecule has 2 rings (SSSR count). The van der Waals surface area contributed by atoms with E-state index < -0.39 is 23.8 Å². The summed E-state index contributed by atoms with van der Waals surface area (Å²) in [6.45, 7) is 3.74. The second kappa shape index (κ2) is 10.8. The Morgan fingerprint density at radius 3 is 2.20 bits per heavy atom. The number of carboxylic acid groups (broad SMARTS) is 1. The van der Waals surface area contributed by atoms with Gasteiger partial charge in [-0.3, -0.25) is 9.59 Å². The van der Waals surface area contributed by atoms with Gasteiger partial charge in [-0.05, 0) is 48.2 Å². The third-order valence-electron chi connectivity index (χ3n) is 4.27. The minimum atomic E-state index is -1.13. The van der Waals surface area contributed by atoms with Crippen molar-refractivity contribution in [2.75, 3.05) is 7.11 Å². The topological polar surface area (TPSA) is 105 Å². The van der Waals surface area contributed by atoms with Crippen molar-refractivity contribution in [3.05, 3.63) is 71.4 Å². The summed E-state index contributed by atoms with van der Waals surface area (Å²) < 4.78 is 5.12. The van der Waals surface area contributed by atoms with Crippen molar-refractivity contribution in [1.82, 2.24) is 10.6 Å². The normalized spacial score (nSPS) is 12.2. The van der Waals surface area contributed by atoms with Crippen molar-refractivity contribution in [1.29, 1.82) is 0 Å². The lowest BCUT2D eigenvalue weighted by Gasteiger charge is -2.18. The van der Waals surface area contributed by atoms with Gasteiger partial charge in [0.1, 0.15) is 17.5 Å². The Kier molecular flexibility index (Phi) is 8.17. The maximum atomic E-state index is 12.9. The van der Waals surface area contributed by atoms with Gasteiger partial charge in [0, 0.05) is 5.56 Å². The van der Waals surface area contributed by atoms with Crippen LogP contribution in [0, 0.1) is 5.92 Å². The minimum Gasteiger partial charge on any atom is -0.497 e. The molecule has 2 amide bonds. The van der Waals surface area contributed by atoms with Crippen molar-refractivity contribution in [2.45, 2.75) is 26.3 Å². The van der Waals surface area contributed by atoms with Crippen molar-refractivity contribution >= 4 is 23.9 Å². The summed E-state index contributed by atoms with van der Waals surface area (Å²) in [6, 6.07) is 14.3. The second-order valence-corrected chi connectivity index (χ2v) is 7.15. The van der Waals surface area contributed by atoms with Crippen molar-refractivity contribution in [2.24, 2.45) is 5.92 Å². The number of hydrogen-bond donors (Lipinski definition) is 3. The van der Waals surface area contributed by atoms with Gasteiger partial charge in [0.15, 0.2) is 0 Å². The van der Waals surface area contributed by atoms with E-state index in [0.29, 0.717) is 16.9 Å². The Morgan fingerprint density at radius 2 is 1.67 bits per heavy atom. The van der Waals surface area contributed by atoms with E-state index in [4.69, 9.17) is 4.74 Å². The standard InChI is InChI=1S/C23H26N2O5/c1-15(2)13-20(23(28)29)25-22(27)19(14-16-9-11-18(30-3)12-10-16)24-21(26)17-7-5-4-6-8-17/h4-12,14-15,20H,13H2,1-3H3,(H,24,26)(H,25,27)(H,28,29)/t20-/m1/s1.